The molecular formula is C11H10ClN3O2S. The summed E-state index contributed by atoms with van der Waals surface area (Å²) in [5, 5.41) is 0.140. The van der Waals surface area contributed by atoms with Gasteiger partial charge in [0.15, 0.2) is 0 Å². The number of hydrogen-bond acceptors (Lipinski definition) is 4. The van der Waals surface area contributed by atoms with Gasteiger partial charge in [0, 0.05) is 25.6 Å². The summed E-state index contributed by atoms with van der Waals surface area (Å²) in [6.45, 7) is 0. The highest BCUT2D eigenvalue weighted by Crippen LogP contribution is 2.25. The summed E-state index contributed by atoms with van der Waals surface area (Å²) in [5.41, 5.74) is 0.456. The van der Waals surface area contributed by atoms with Gasteiger partial charge in [-0.25, -0.2) is 8.42 Å². The quantitative estimate of drug-likeness (QED) is 0.864. The number of rotatable bonds is 3. The van der Waals surface area contributed by atoms with Gasteiger partial charge in [0.05, 0.1) is 16.9 Å². The molecule has 0 unspecified atom stereocenters. The zero-order valence-corrected chi connectivity index (χ0v) is 11.1. The molecule has 0 N–H and O–H groups in total. The highest BCUT2D eigenvalue weighted by atomic mass is 35.5. The van der Waals surface area contributed by atoms with Crippen LogP contribution in [0.2, 0.25) is 5.02 Å². The maximum Gasteiger partial charge on any atom is 0.267 e. The van der Waals surface area contributed by atoms with Gasteiger partial charge in [-0.2, -0.15) is 0 Å². The first-order valence-corrected chi connectivity index (χ1v) is 6.84. The van der Waals surface area contributed by atoms with Crippen LogP contribution in [0.4, 0.5) is 5.69 Å². The number of sulfonamides is 1. The Balaban J connectivity index is 2.48. The second-order valence-corrected chi connectivity index (χ2v) is 5.83. The van der Waals surface area contributed by atoms with E-state index in [0.29, 0.717) is 5.69 Å². The normalized spacial score (nSPS) is 11.2. The average Bonchev–Trinajstić information content (AvgIpc) is 2.39. The van der Waals surface area contributed by atoms with Crippen LogP contribution in [-0.2, 0) is 10.0 Å². The van der Waals surface area contributed by atoms with E-state index in [1.54, 1.807) is 18.3 Å². The van der Waals surface area contributed by atoms with Crippen LogP contribution >= 0.6 is 11.6 Å². The Morgan fingerprint density at radius 2 is 1.89 bits per heavy atom. The predicted octanol–water partition coefficient (Wildman–Crippen LogP) is 1.96. The molecule has 0 aliphatic rings. The van der Waals surface area contributed by atoms with Gasteiger partial charge in [0.25, 0.3) is 10.0 Å². The lowest BCUT2D eigenvalue weighted by Gasteiger charge is -2.19. The second kappa shape index (κ2) is 4.91. The minimum atomic E-state index is -3.72. The molecule has 2 rings (SSSR count). The van der Waals surface area contributed by atoms with Gasteiger partial charge in [-0.15, -0.1) is 0 Å². The van der Waals surface area contributed by atoms with E-state index < -0.39 is 10.0 Å². The number of pyridine rings is 2. The molecule has 2 aromatic rings. The molecule has 2 heterocycles. The molecule has 2 aromatic heterocycles. The van der Waals surface area contributed by atoms with Gasteiger partial charge >= 0.3 is 0 Å². The minimum Gasteiger partial charge on any atom is -0.268 e. The maximum absolute atomic E-state index is 12.3. The molecule has 0 spiro atoms. The van der Waals surface area contributed by atoms with Crippen molar-refractivity contribution in [3.63, 3.8) is 0 Å². The molecule has 0 aliphatic carbocycles. The van der Waals surface area contributed by atoms with Crippen molar-refractivity contribution in [3.05, 3.63) is 48.0 Å². The molecule has 0 saturated heterocycles. The summed E-state index contributed by atoms with van der Waals surface area (Å²) in [5.74, 6) is 0. The van der Waals surface area contributed by atoms with Crippen LogP contribution in [-0.4, -0.2) is 25.4 Å². The molecule has 0 radical (unpaired) electrons. The summed E-state index contributed by atoms with van der Waals surface area (Å²) in [7, 11) is -2.28. The van der Waals surface area contributed by atoms with Crippen molar-refractivity contribution >= 4 is 27.3 Å². The van der Waals surface area contributed by atoms with E-state index >= 15 is 0 Å². The van der Waals surface area contributed by atoms with Crippen molar-refractivity contribution in [2.24, 2.45) is 0 Å². The van der Waals surface area contributed by atoms with E-state index in [-0.39, 0.29) is 9.92 Å². The lowest BCUT2D eigenvalue weighted by Crippen LogP contribution is -2.27. The smallest absolute Gasteiger partial charge is 0.267 e. The Kier molecular flexibility index (Phi) is 3.49. The van der Waals surface area contributed by atoms with Crippen molar-refractivity contribution in [2.75, 3.05) is 11.4 Å². The standard InChI is InChI=1S/C11H10ClN3O2S/c1-15(9-3-2-5-13-7-9)18(16,17)11-8-14-6-4-10(11)12/h2-8H,1H3. The molecule has 0 atom stereocenters. The Morgan fingerprint density at radius 1 is 1.17 bits per heavy atom. The topological polar surface area (TPSA) is 63.2 Å². The van der Waals surface area contributed by atoms with Crippen molar-refractivity contribution in [3.8, 4) is 0 Å². The summed E-state index contributed by atoms with van der Waals surface area (Å²) in [6, 6.07) is 4.74. The highest BCUT2D eigenvalue weighted by Gasteiger charge is 2.24. The summed E-state index contributed by atoms with van der Waals surface area (Å²) in [4.78, 5) is 7.63. The SMILES string of the molecule is CN(c1cccnc1)S(=O)(=O)c1cnccc1Cl. The molecular weight excluding hydrogens is 274 g/mol. The van der Waals surface area contributed by atoms with Gasteiger partial charge in [0.1, 0.15) is 4.90 Å². The lowest BCUT2D eigenvalue weighted by molar-refractivity contribution is 0.594. The molecule has 5 nitrogen and oxygen atoms in total. The van der Waals surface area contributed by atoms with Crippen LogP contribution in [0.25, 0.3) is 0 Å². The number of hydrogen-bond donors (Lipinski definition) is 0. The zero-order valence-electron chi connectivity index (χ0n) is 9.49. The Hall–Kier alpha value is -1.66. The largest absolute Gasteiger partial charge is 0.268 e. The van der Waals surface area contributed by atoms with Gasteiger partial charge in [-0.1, -0.05) is 11.6 Å². The molecule has 0 amide bonds. The van der Waals surface area contributed by atoms with Crippen molar-refractivity contribution in [2.45, 2.75) is 4.90 Å². The first-order chi connectivity index (χ1) is 8.53. The summed E-state index contributed by atoms with van der Waals surface area (Å²) in [6.07, 6.45) is 5.69. The van der Waals surface area contributed by atoms with E-state index in [0.717, 1.165) is 4.31 Å². The maximum atomic E-state index is 12.3. The second-order valence-electron chi connectivity index (χ2n) is 3.49. The molecule has 0 saturated carbocycles. The van der Waals surface area contributed by atoms with E-state index in [4.69, 9.17) is 11.6 Å². The molecule has 18 heavy (non-hydrogen) atoms. The Morgan fingerprint density at radius 3 is 2.50 bits per heavy atom. The van der Waals surface area contributed by atoms with Crippen LogP contribution in [0, 0.1) is 0 Å². The van der Waals surface area contributed by atoms with Crippen LogP contribution in [0.15, 0.2) is 47.9 Å². The fraction of sp³-hybridized carbons (Fsp3) is 0.0909. The summed E-state index contributed by atoms with van der Waals surface area (Å²) >= 11 is 5.88. The fourth-order valence-corrected chi connectivity index (χ4v) is 2.97. The van der Waals surface area contributed by atoms with E-state index in [1.165, 1.54) is 31.7 Å². The van der Waals surface area contributed by atoms with Gasteiger partial charge in [-0.3, -0.25) is 14.3 Å². The van der Waals surface area contributed by atoms with Gasteiger partial charge in [0.2, 0.25) is 0 Å². The number of nitrogens with zero attached hydrogens (tertiary/aromatic N) is 3. The summed E-state index contributed by atoms with van der Waals surface area (Å²) < 4.78 is 25.8. The molecule has 0 bridgehead atoms. The van der Waals surface area contributed by atoms with Crippen molar-refractivity contribution in [1.29, 1.82) is 0 Å². The van der Waals surface area contributed by atoms with Crippen LogP contribution in [0.3, 0.4) is 0 Å². The average molecular weight is 284 g/mol. The van der Waals surface area contributed by atoms with Crippen LogP contribution in [0.5, 0.6) is 0 Å². The van der Waals surface area contributed by atoms with Gasteiger partial charge in [-0.05, 0) is 18.2 Å². The third-order valence-corrected chi connectivity index (χ3v) is 4.64. The predicted molar refractivity (Wildman–Crippen MR) is 69.1 cm³/mol. The van der Waals surface area contributed by atoms with E-state index in [1.807, 2.05) is 0 Å². The molecule has 0 aromatic carbocycles. The number of anilines is 1. The van der Waals surface area contributed by atoms with Crippen LogP contribution in [0.1, 0.15) is 0 Å². The van der Waals surface area contributed by atoms with E-state index in [9.17, 15) is 8.42 Å². The lowest BCUT2D eigenvalue weighted by atomic mass is 10.4. The molecule has 0 fully saturated rings. The monoisotopic (exact) mass is 283 g/mol. The first-order valence-electron chi connectivity index (χ1n) is 5.02. The van der Waals surface area contributed by atoms with Crippen molar-refractivity contribution in [1.82, 2.24) is 9.97 Å². The number of halogens is 1. The fourth-order valence-electron chi connectivity index (χ4n) is 1.38. The molecule has 7 heteroatoms. The zero-order chi connectivity index (χ0) is 13.2. The Bertz CT molecular complexity index is 646. The van der Waals surface area contributed by atoms with E-state index in [2.05, 4.69) is 9.97 Å². The molecule has 94 valence electrons. The highest BCUT2D eigenvalue weighted by molar-refractivity contribution is 7.93. The van der Waals surface area contributed by atoms with Crippen LogP contribution < -0.4 is 4.31 Å². The first kappa shape index (κ1) is 12.8. The van der Waals surface area contributed by atoms with Crippen molar-refractivity contribution < 1.29 is 8.42 Å². The minimum absolute atomic E-state index is 0.0296. The van der Waals surface area contributed by atoms with Gasteiger partial charge < -0.3 is 0 Å². The third-order valence-electron chi connectivity index (χ3n) is 2.38. The Labute approximate surface area is 110 Å². The third kappa shape index (κ3) is 2.30. The number of aromatic nitrogens is 2. The molecule has 0 aliphatic heterocycles.